The zero-order valence-corrected chi connectivity index (χ0v) is 16.1. The van der Waals surface area contributed by atoms with E-state index in [0.717, 1.165) is 24.8 Å². The minimum Gasteiger partial charge on any atom is -0.465 e. The minimum absolute atomic E-state index is 0.0645. The Labute approximate surface area is 161 Å². The molecule has 2 N–H and O–H groups in total. The third-order valence-electron chi connectivity index (χ3n) is 5.68. The van der Waals surface area contributed by atoms with Crippen molar-refractivity contribution in [3.8, 4) is 0 Å². The topological polar surface area (TPSA) is 113 Å². The molecule has 1 saturated heterocycles. The summed E-state index contributed by atoms with van der Waals surface area (Å²) in [5.74, 6) is 0.563. The van der Waals surface area contributed by atoms with Crippen LogP contribution in [0.5, 0.6) is 0 Å². The Morgan fingerprint density at radius 1 is 1.21 bits per heavy atom. The number of hydrogen-bond acceptors (Lipinski definition) is 4. The highest BCUT2D eigenvalue weighted by Gasteiger charge is 2.40. The zero-order chi connectivity index (χ0) is 20.0. The van der Waals surface area contributed by atoms with Crippen LogP contribution in [0.3, 0.4) is 0 Å². The first kappa shape index (κ1) is 18.5. The quantitative estimate of drug-likeness (QED) is 0.815. The molecule has 2 atom stereocenters. The molecule has 1 amide bonds. The minimum atomic E-state index is -0.897. The lowest BCUT2D eigenvalue weighted by molar-refractivity contribution is 0.128. The maximum absolute atomic E-state index is 12.8. The standard InChI is InChI=1S/C19H25N5O4/c1-3-7-22-16-14(17(25)23(8-4-2)18(22)26)20-15(21-16)11-9-12-5-6-13(10-11)24(12)19(27)28/h9,12-13H,3-8,10H2,1-2H3,(H,20,21)(H,27,28). The predicted molar refractivity (Wildman–Crippen MR) is 104 cm³/mol. The third kappa shape index (κ3) is 2.76. The number of aromatic nitrogens is 4. The van der Waals surface area contributed by atoms with Gasteiger partial charge in [-0.25, -0.2) is 14.6 Å². The molecule has 2 aliphatic rings. The second kappa shape index (κ2) is 6.96. The van der Waals surface area contributed by atoms with Crippen molar-refractivity contribution < 1.29 is 9.90 Å². The molecule has 2 aromatic heterocycles. The number of aromatic amines is 1. The Kier molecular flexibility index (Phi) is 4.60. The molecule has 2 bridgehead atoms. The number of carboxylic acid groups (broad SMARTS) is 1. The molecule has 0 spiro atoms. The molecule has 1 fully saturated rings. The van der Waals surface area contributed by atoms with Crippen molar-refractivity contribution in [3.05, 3.63) is 32.7 Å². The molecular formula is C19H25N5O4. The SMILES string of the molecule is CCCn1c(=O)c2[nH]c(C3=CC4CCC(C3)N4C(=O)O)nc2n(CCC)c1=O. The zero-order valence-electron chi connectivity index (χ0n) is 16.1. The average Bonchev–Trinajstić information content (AvgIpc) is 3.22. The molecule has 4 rings (SSSR count). The first-order chi connectivity index (χ1) is 13.5. The number of imidazole rings is 1. The summed E-state index contributed by atoms with van der Waals surface area (Å²) < 4.78 is 2.83. The van der Waals surface area contributed by atoms with Crippen molar-refractivity contribution in [1.29, 1.82) is 0 Å². The maximum Gasteiger partial charge on any atom is 0.408 e. The number of carbonyl (C=O) groups is 1. The summed E-state index contributed by atoms with van der Waals surface area (Å²) in [5.41, 5.74) is 0.963. The first-order valence-corrected chi connectivity index (χ1v) is 9.91. The second-order valence-corrected chi connectivity index (χ2v) is 7.56. The van der Waals surface area contributed by atoms with Gasteiger partial charge in [0, 0.05) is 19.1 Å². The van der Waals surface area contributed by atoms with Gasteiger partial charge in [-0.2, -0.15) is 0 Å². The van der Waals surface area contributed by atoms with Crippen LogP contribution in [-0.4, -0.2) is 47.3 Å². The molecule has 2 aromatic rings. The highest BCUT2D eigenvalue weighted by Crippen LogP contribution is 2.37. The van der Waals surface area contributed by atoms with Crippen molar-refractivity contribution >= 4 is 22.8 Å². The predicted octanol–water partition coefficient (Wildman–Crippen LogP) is 2.00. The van der Waals surface area contributed by atoms with Crippen LogP contribution in [0.1, 0.15) is 51.8 Å². The van der Waals surface area contributed by atoms with Crippen LogP contribution in [-0.2, 0) is 13.1 Å². The van der Waals surface area contributed by atoms with Crippen LogP contribution in [0.25, 0.3) is 16.7 Å². The molecule has 0 saturated carbocycles. The Morgan fingerprint density at radius 3 is 2.57 bits per heavy atom. The van der Waals surface area contributed by atoms with E-state index in [1.807, 2.05) is 19.9 Å². The van der Waals surface area contributed by atoms with Crippen molar-refractivity contribution in [2.75, 3.05) is 0 Å². The van der Waals surface area contributed by atoms with Gasteiger partial charge < -0.3 is 10.1 Å². The summed E-state index contributed by atoms with van der Waals surface area (Å²) >= 11 is 0. The summed E-state index contributed by atoms with van der Waals surface area (Å²) in [6, 6.07) is -0.223. The molecule has 4 heterocycles. The number of aryl methyl sites for hydroxylation is 1. The monoisotopic (exact) mass is 387 g/mol. The van der Waals surface area contributed by atoms with Gasteiger partial charge in [-0.3, -0.25) is 18.8 Å². The van der Waals surface area contributed by atoms with E-state index >= 15 is 0 Å². The van der Waals surface area contributed by atoms with E-state index < -0.39 is 6.09 Å². The fourth-order valence-corrected chi connectivity index (χ4v) is 4.47. The average molecular weight is 387 g/mol. The molecule has 0 aliphatic carbocycles. The smallest absolute Gasteiger partial charge is 0.408 e. The molecule has 2 aliphatic heterocycles. The van der Waals surface area contributed by atoms with E-state index in [1.54, 1.807) is 4.57 Å². The van der Waals surface area contributed by atoms with Gasteiger partial charge in [0.15, 0.2) is 5.65 Å². The second-order valence-electron chi connectivity index (χ2n) is 7.56. The van der Waals surface area contributed by atoms with Crippen LogP contribution in [0.4, 0.5) is 4.79 Å². The number of nitrogens with one attached hydrogen (secondary N) is 1. The highest BCUT2D eigenvalue weighted by atomic mass is 16.4. The molecule has 0 aromatic carbocycles. The lowest BCUT2D eigenvalue weighted by Gasteiger charge is -2.30. The largest absolute Gasteiger partial charge is 0.465 e. The Morgan fingerprint density at radius 2 is 1.93 bits per heavy atom. The van der Waals surface area contributed by atoms with Gasteiger partial charge in [-0.05, 0) is 37.7 Å². The number of amides is 1. The Hall–Kier alpha value is -2.84. The summed E-state index contributed by atoms with van der Waals surface area (Å²) in [6.07, 6.45) is 4.65. The number of rotatable bonds is 5. The normalized spacial score (nSPS) is 21.4. The molecule has 9 heteroatoms. The number of fused-ring (bicyclic) bond motifs is 3. The van der Waals surface area contributed by atoms with Gasteiger partial charge in [0.05, 0.1) is 6.04 Å². The van der Waals surface area contributed by atoms with Gasteiger partial charge in [0.2, 0.25) is 0 Å². The first-order valence-electron chi connectivity index (χ1n) is 9.91. The molecule has 2 unspecified atom stereocenters. The van der Waals surface area contributed by atoms with E-state index in [4.69, 9.17) is 0 Å². The maximum atomic E-state index is 12.8. The van der Waals surface area contributed by atoms with Crippen LogP contribution in [0, 0.1) is 0 Å². The van der Waals surface area contributed by atoms with Gasteiger partial charge >= 0.3 is 11.8 Å². The van der Waals surface area contributed by atoms with E-state index in [1.165, 1.54) is 9.47 Å². The summed E-state index contributed by atoms with van der Waals surface area (Å²) in [5, 5.41) is 9.42. The van der Waals surface area contributed by atoms with Crippen molar-refractivity contribution in [3.63, 3.8) is 0 Å². The Bertz CT molecular complexity index is 1080. The van der Waals surface area contributed by atoms with E-state index in [0.29, 0.717) is 42.9 Å². The van der Waals surface area contributed by atoms with Crippen molar-refractivity contribution in [2.24, 2.45) is 0 Å². The van der Waals surface area contributed by atoms with Crippen LogP contribution < -0.4 is 11.2 Å². The third-order valence-corrected chi connectivity index (χ3v) is 5.68. The van der Waals surface area contributed by atoms with E-state index in [2.05, 4.69) is 9.97 Å². The summed E-state index contributed by atoms with van der Waals surface area (Å²) in [7, 11) is 0. The Balaban J connectivity index is 1.85. The lowest BCUT2D eigenvalue weighted by atomic mass is 10.0. The van der Waals surface area contributed by atoms with Crippen LogP contribution in [0.2, 0.25) is 0 Å². The number of nitrogens with zero attached hydrogens (tertiary/aromatic N) is 4. The van der Waals surface area contributed by atoms with Crippen molar-refractivity contribution in [1.82, 2.24) is 24.0 Å². The fraction of sp³-hybridized carbons (Fsp3) is 0.579. The number of hydrogen-bond donors (Lipinski definition) is 2. The summed E-state index contributed by atoms with van der Waals surface area (Å²) in [4.78, 5) is 46.4. The molecule has 28 heavy (non-hydrogen) atoms. The number of H-pyrrole nitrogens is 1. The molecule has 150 valence electrons. The molecule has 9 nitrogen and oxygen atoms in total. The van der Waals surface area contributed by atoms with E-state index in [9.17, 15) is 19.5 Å². The van der Waals surface area contributed by atoms with E-state index in [-0.39, 0.29) is 23.3 Å². The fourth-order valence-electron chi connectivity index (χ4n) is 4.47. The highest BCUT2D eigenvalue weighted by molar-refractivity contribution is 5.77. The van der Waals surface area contributed by atoms with Crippen LogP contribution >= 0.6 is 0 Å². The van der Waals surface area contributed by atoms with Gasteiger partial charge in [-0.15, -0.1) is 0 Å². The van der Waals surface area contributed by atoms with Gasteiger partial charge in [-0.1, -0.05) is 19.9 Å². The van der Waals surface area contributed by atoms with Gasteiger partial charge in [0.25, 0.3) is 5.56 Å². The van der Waals surface area contributed by atoms with Gasteiger partial charge in [0.1, 0.15) is 11.3 Å². The van der Waals surface area contributed by atoms with Crippen LogP contribution in [0.15, 0.2) is 15.7 Å². The molecular weight excluding hydrogens is 362 g/mol. The van der Waals surface area contributed by atoms with Crippen molar-refractivity contribution in [2.45, 2.75) is 71.1 Å². The summed E-state index contributed by atoms with van der Waals surface area (Å²) in [6.45, 7) is 4.76. The lowest BCUT2D eigenvalue weighted by Crippen LogP contribution is -2.42. The molecule has 0 radical (unpaired) electrons.